The zero-order chi connectivity index (χ0) is 23.5. The average Bonchev–Trinajstić information content (AvgIpc) is 3.31. The molecule has 0 aliphatic carbocycles. The highest BCUT2D eigenvalue weighted by molar-refractivity contribution is 7.21. The molecule has 0 amide bonds. The number of piperazine rings is 1. The highest BCUT2D eigenvalue weighted by Crippen LogP contribution is 2.31. The smallest absolute Gasteiger partial charge is 0.259 e. The van der Waals surface area contributed by atoms with Gasteiger partial charge in [-0.15, -0.1) is 11.3 Å². The number of nitrogens with one attached hydrogen (secondary N) is 1. The van der Waals surface area contributed by atoms with Crippen LogP contribution in [0.2, 0.25) is 0 Å². The van der Waals surface area contributed by atoms with Crippen molar-refractivity contribution in [1.29, 1.82) is 0 Å². The van der Waals surface area contributed by atoms with Crippen molar-refractivity contribution < 1.29 is 9.47 Å². The number of benzene rings is 2. The van der Waals surface area contributed by atoms with Crippen LogP contribution in [0.1, 0.15) is 11.4 Å². The summed E-state index contributed by atoms with van der Waals surface area (Å²) < 4.78 is 10.9. The van der Waals surface area contributed by atoms with Gasteiger partial charge >= 0.3 is 0 Å². The maximum absolute atomic E-state index is 12.7. The highest BCUT2D eigenvalue weighted by atomic mass is 32.1. The summed E-state index contributed by atoms with van der Waals surface area (Å²) >= 11 is 1.57. The molecule has 1 fully saturated rings. The third kappa shape index (κ3) is 4.84. The topological polar surface area (TPSA) is 70.7 Å². The number of thiophene rings is 1. The fourth-order valence-electron chi connectivity index (χ4n) is 4.36. The lowest BCUT2D eigenvalue weighted by Crippen LogP contribution is -2.45. The van der Waals surface area contributed by atoms with Gasteiger partial charge in [0.05, 0.1) is 26.2 Å². The van der Waals surface area contributed by atoms with Crippen LogP contribution in [0.15, 0.2) is 59.4 Å². The fourth-order valence-corrected chi connectivity index (χ4v) is 5.42. The van der Waals surface area contributed by atoms with Crippen LogP contribution in [0.5, 0.6) is 11.5 Å². The van der Waals surface area contributed by atoms with E-state index in [4.69, 9.17) is 14.5 Å². The summed E-state index contributed by atoms with van der Waals surface area (Å²) in [6.07, 6.45) is 0. The van der Waals surface area contributed by atoms with Gasteiger partial charge in [0.25, 0.3) is 5.56 Å². The van der Waals surface area contributed by atoms with E-state index in [9.17, 15) is 4.79 Å². The number of rotatable bonds is 7. The van der Waals surface area contributed by atoms with E-state index in [1.165, 1.54) is 0 Å². The zero-order valence-corrected chi connectivity index (χ0v) is 20.2. The van der Waals surface area contributed by atoms with Crippen molar-refractivity contribution in [3.63, 3.8) is 0 Å². The molecule has 1 aliphatic heterocycles. The van der Waals surface area contributed by atoms with E-state index in [-0.39, 0.29) is 5.56 Å². The van der Waals surface area contributed by atoms with Crippen LogP contribution in [0.4, 0.5) is 0 Å². The largest absolute Gasteiger partial charge is 0.497 e. The highest BCUT2D eigenvalue weighted by Gasteiger charge is 2.20. The first-order valence-corrected chi connectivity index (χ1v) is 12.2. The van der Waals surface area contributed by atoms with Crippen LogP contribution in [0.25, 0.3) is 20.7 Å². The molecule has 0 atom stereocenters. The summed E-state index contributed by atoms with van der Waals surface area (Å²) in [6.45, 7) is 5.14. The number of hydrogen-bond acceptors (Lipinski definition) is 7. The molecule has 2 aromatic heterocycles. The number of fused-ring (bicyclic) bond motifs is 1. The van der Waals surface area contributed by atoms with Gasteiger partial charge in [0.15, 0.2) is 0 Å². The molecular formula is C26H28N4O3S. The first kappa shape index (κ1) is 22.6. The minimum absolute atomic E-state index is 0.0674. The lowest BCUT2D eigenvalue weighted by molar-refractivity contribution is 0.119. The molecule has 0 saturated carbocycles. The second kappa shape index (κ2) is 9.97. The van der Waals surface area contributed by atoms with Crippen molar-refractivity contribution in [3.05, 3.63) is 76.3 Å². The SMILES string of the molecule is COc1ccc(OC)c(CN2CCN(Cc3nc4sc(-c5ccccc5)cc4c(=O)[nH]3)CC2)c1. The number of aromatic amines is 1. The molecule has 0 radical (unpaired) electrons. The first-order chi connectivity index (χ1) is 16.6. The molecule has 4 aromatic rings. The third-order valence-electron chi connectivity index (χ3n) is 6.23. The Kier molecular flexibility index (Phi) is 6.62. The van der Waals surface area contributed by atoms with Gasteiger partial charge < -0.3 is 14.5 Å². The molecule has 5 rings (SSSR count). The molecular weight excluding hydrogens is 448 g/mol. The number of ether oxygens (including phenoxy) is 2. The molecule has 0 spiro atoms. The van der Waals surface area contributed by atoms with Gasteiger partial charge in [-0.2, -0.15) is 0 Å². The van der Waals surface area contributed by atoms with Crippen LogP contribution >= 0.6 is 11.3 Å². The van der Waals surface area contributed by atoms with E-state index in [0.29, 0.717) is 11.9 Å². The van der Waals surface area contributed by atoms with Crippen molar-refractivity contribution in [2.24, 2.45) is 0 Å². The van der Waals surface area contributed by atoms with Gasteiger partial charge in [0.1, 0.15) is 22.2 Å². The standard InChI is InChI=1S/C26H28N4O3S/c1-32-20-8-9-22(33-2)19(14-20)16-29-10-12-30(13-11-29)17-24-27-25(31)21-15-23(34-26(21)28-24)18-6-4-3-5-7-18/h3-9,14-15H,10-13,16-17H2,1-2H3,(H,27,28,31). The van der Waals surface area contributed by atoms with Gasteiger partial charge in [-0.05, 0) is 29.8 Å². The Morgan fingerprint density at radius 2 is 1.68 bits per heavy atom. The summed E-state index contributed by atoms with van der Waals surface area (Å²) in [5, 5.41) is 0.657. The van der Waals surface area contributed by atoms with E-state index in [1.807, 2.05) is 42.5 Å². The molecule has 176 valence electrons. The van der Waals surface area contributed by atoms with Gasteiger partial charge in [-0.1, -0.05) is 30.3 Å². The molecule has 1 aliphatic rings. The lowest BCUT2D eigenvalue weighted by Gasteiger charge is -2.34. The molecule has 1 N–H and O–H groups in total. The molecule has 0 bridgehead atoms. The maximum atomic E-state index is 12.7. The maximum Gasteiger partial charge on any atom is 0.259 e. The van der Waals surface area contributed by atoms with Gasteiger partial charge in [-0.3, -0.25) is 14.6 Å². The molecule has 0 unspecified atom stereocenters. The van der Waals surface area contributed by atoms with Crippen LogP contribution in [-0.4, -0.2) is 60.2 Å². The number of hydrogen-bond donors (Lipinski definition) is 1. The summed E-state index contributed by atoms with van der Waals surface area (Å²) in [6, 6.07) is 18.0. The van der Waals surface area contributed by atoms with Crippen molar-refractivity contribution in [1.82, 2.24) is 19.8 Å². The summed E-state index contributed by atoms with van der Waals surface area (Å²) in [5.41, 5.74) is 2.16. The molecule has 34 heavy (non-hydrogen) atoms. The number of nitrogens with zero attached hydrogens (tertiary/aromatic N) is 3. The Bertz CT molecular complexity index is 1330. The predicted molar refractivity (Wildman–Crippen MR) is 136 cm³/mol. The van der Waals surface area contributed by atoms with Crippen LogP contribution in [0, 0.1) is 0 Å². The third-order valence-corrected chi connectivity index (χ3v) is 7.31. The predicted octanol–water partition coefficient (Wildman–Crippen LogP) is 3.99. The van der Waals surface area contributed by atoms with E-state index in [2.05, 4.69) is 26.9 Å². The Balaban J connectivity index is 1.24. The minimum atomic E-state index is -0.0674. The number of methoxy groups -OCH3 is 2. The van der Waals surface area contributed by atoms with Crippen molar-refractivity contribution >= 4 is 21.6 Å². The summed E-state index contributed by atoms with van der Waals surface area (Å²) in [7, 11) is 3.38. The molecule has 8 heteroatoms. The summed E-state index contributed by atoms with van der Waals surface area (Å²) in [4.78, 5) is 27.1. The first-order valence-electron chi connectivity index (χ1n) is 11.4. The van der Waals surface area contributed by atoms with E-state index < -0.39 is 0 Å². The molecule has 7 nitrogen and oxygen atoms in total. The fraction of sp³-hybridized carbons (Fsp3) is 0.308. The van der Waals surface area contributed by atoms with Crippen molar-refractivity contribution in [3.8, 4) is 21.9 Å². The van der Waals surface area contributed by atoms with Crippen LogP contribution in [-0.2, 0) is 13.1 Å². The van der Waals surface area contributed by atoms with Gasteiger partial charge in [0.2, 0.25) is 0 Å². The van der Waals surface area contributed by atoms with Crippen LogP contribution in [0.3, 0.4) is 0 Å². The Morgan fingerprint density at radius 3 is 2.38 bits per heavy atom. The quantitative estimate of drug-likeness (QED) is 0.435. The normalized spacial score (nSPS) is 15.0. The molecule has 3 heterocycles. The Morgan fingerprint density at radius 1 is 0.941 bits per heavy atom. The second-order valence-electron chi connectivity index (χ2n) is 8.44. The van der Waals surface area contributed by atoms with Gasteiger partial charge in [0, 0.05) is 43.2 Å². The van der Waals surface area contributed by atoms with E-state index in [0.717, 1.165) is 70.9 Å². The Labute approximate surface area is 202 Å². The molecule has 1 saturated heterocycles. The molecule has 2 aromatic carbocycles. The van der Waals surface area contributed by atoms with E-state index in [1.54, 1.807) is 25.6 Å². The van der Waals surface area contributed by atoms with Gasteiger partial charge in [-0.25, -0.2) is 4.98 Å². The van der Waals surface area contributed by atoms with E-state index >= 15 is 0 Å². The average molecular weight is 477 g/mol. The number of aromatic nitrogens is 2. The van der Waals surface area contributed by atoms with Crippen molar-refractivity contribution in [2.75, 3.05) is 40.4 Å². The van der Waals surface area contributed by atoms with Crippen LogP contribution < -0.4 is 15.0 Å². The second-order valence-corrected chi connectivity index (χ2v) is 9.47. The lowest BCUT2D eigenvalue weighted by atomic mass is 10.1. The van der Waals surface area contributed by atoms with Crippen molar-refractivity contribution in [2.45, 2.75) is 13.1 Å². The number of H-pyrrole nitrogens is 1. The minimum Gasteiger partial charge on any atom is -0.497 e. The summed E-state index contributed by atoms with van der Waals surface area (Å²) in [5.74, 6) is 2.44. The zero-order valence-electron chi connectivity index (χ0n) is 19.4. The monoisotopic (exact) mass is 476 g/mol. The Hall–Kier alpha value is -3.20.